The van der Waals surface area contributed by atoms with Gasteiger partial charge in [-0.2, -0.15) is 0 Å². The Kier molecular flexibility index (Phi) is 2.61. The van der Waals surface area contributed by atoms with E-state index < -0.39 is 0 Å². The summed E-state index contributed by atoms with van der Waals surface area (Å²) in [5.41, 5.74) is 0.910. The van der Waals surface area contributed by atoms with Gasteiger partial charge in [-0.3, -0.25) is 0 Å². The molecule has 1 fully saturated rings. The highest BCUT2D eigenvalue weighted by Gasteiger charge is 2.19. The van der Waals surface area contributed by atoms with Crippen molar-refractivity contribution in [1.29, 1.82) is 0 Å². The number of benzene rings is 1. The highest BCUT2D eigenvalue weighted by atomic mass is 32.1. The molecular formula is C12H13FN2S. The maximum atomic E-state index is 13.0. The number of rotatable bonds is 4. The average molecular weight is 236 g/mol. The number of fused-ring (bicyclic) bond motifs is 1. The van der Waals surface area contributed by atoms with Gasteiger partial charge in [-0.05, 0) is 31.0 Å². The first-order valence-corrected chi connectivity index (χ1v) is 6.41. The molecule has 2 nitrogen and oxygen atoms in total. The summed E-state index contributed by atoms with van der Waals surface area (Å²) in [4.78, 5) is 4.48. The highest BCUT2D eigenvalue weighted by Crippen LogP contribution is 2.23. The van der Waals surface area contributed by atoms with Crippen LogP contribution in [0.4, 0.5) is 4.39 Å². The van der Waals surface area contributed by atoms with Gasteiger partial charge in [0.1, 0.15) is 5.82 Å². The topological polar surface area (TPSA) is 24.9 Å². The first kappa shape index (κ1) is 10.2. The lowest BCUT2D eigenvalue weighted by atomic mass is 10.3. The Hall–Kier alpha value is -1.00. The lowest BCUT2D eigenvalue weighted by Crippen LogP contribution is -2.19. The van der Waals surface area contributed by atoms with Crippen LogP contribution in [0.15, 0.2) is 18.2 Å². The minimum atomic E-state index is -0.182. The second-order valence-corrected chi connectivity index (χ2v) is 5.31. The SMILES string of the molecule is Fc1ccc2nc(CCNC3CC3)sc2c1. The highest BCUT2D eigenvalue weighted by molar-refractivity contribution is 7.18. The van der Waals surface area contributed by atoms with E-state index in [1.54, 1.807) is 23.5 Å². The van der Waals surface area contributed by atoms with Crippen molar-refractivity contribution in [1.82, 2.24) is 10.3 Å². The fourth-order valence-electron chi connectivity index (χ4n) is 1.72. The van der Waals surface area contributed by atoms with Crippen LogP contribution in [0.3, 0.4) is 0 Å². The van der Waals surface area contributed by atoms with Gasteiger partial charge in [0.25, 0.3) is 0 Å². The molecule has 4 heteroatoms. The number of hydrogen-bond acceptors (Lipinski definition) is 3. The van der Waals surface area contributed by atoms with E-state index in [9.17, 15) is 4.39 Å². The first-order valence-electron chi connectivity index (χ1n) is 5.59. The number of nitrogens with zero attached hydrogens (tertiary/aromatic N) is 1. The largest absolute Gasteiger partial charge is 0.314 e. The van der Waals surface area contributed by atoms with Crippen molar-refractivity contribution in [2.45, 2.75) is 25.3 Å². The Bertz CT molecular complexity index is 505. The van der Waals surface area contributed by atoms with Crippen molar-refractivity contribution in [3.05, 3.63) is 29.0 Å². The Morgan fingerprint density at radius 3 is 3.12 bits per heavy atom. The lowest BCUT2D eigenvalue weighted by Gasteiger charge is -1.98. The van der Waals surface area contributed by atoms with Crippen molar-refractivity contribution < 1.29 is 4.39 Å². The summed E-state index contributed by atoms with van der Waals surface area (Å²) in [6.45, 7) is 0.979. The molecule has 0 spiro atoms. The van der Waals surface area contributed by atoms with Gasteiger partial charge >= 0.3 is 0 Å². The quantitative estimate of drug-likeness (QED) is 0.883. The van der Waals surface area contributed by atoms with Crippen LogP contribution in [0.5, 0.6) is 0 Å². The molecule has 1 aliphatic rings. The molecule has 0 aliphatic heterocycles. The van der Waals surface area contributed by atoms with E-state index in [0.717, 1.165) is 34.2 Å². The molecule has 84 valence electrons. The molecular weight excluding hydrogens is 223 g/mol. The summed E-state index contributed by atoms with van der Waals surface area (Å²) in [5.74, 6) is -0.182. The lowest BCUT2D eigenvalue weighted by molar-refractivity contribution is 0.630. The maximum absolute atomic E-state index is 13.0. The smallest absolute Gasteiger partial charge is 0.124 e. The molecule has 0 unspecified atom stereocenters. The fourth-order valence-corrected chi connectivity index (χ4v) is 2.72. The molecule has 0 atom stereocenters. The third-order valence-corrected chi connectivity index (χ3v) is 3.82. The van der Waals surface area contributed by atoms with Crippen molar-refractivity contribution in [2.75, 3.05) is 6.54 Å². The van der Waals surface area contributed by atoms with Gasteiger partial charge in [0.05, 0.1) is 15.2 Å². The molecule has 0 radical (unpaired) electrons. The molecule has 1 heterocycles. The summed E-state index contributed by atoms with van der Waals surface area (Å²) in [6.07, 6.45) is 3.56. The molecule has 1 saturated carbocycles. The zero-order chi connectivity index (χ0) is 11.0. The van der Waals surface area contributed by atoms with E-state index >= 15 is 0 Å². The average Bonchev–Trinajstić information content (AvgIpc) is 2.98. The number of nitrogens with one attached hydrogen (secondary N) is 1. The molecule has 1 aromatic heterocycles. The van der Waals surface area contributed by atoms with E-state index in [2.05, 4.69) is 10.3 Å². The molecule has 3 rings (SSSR count). The van der Waals surface area contributed by atoms with Gasteiger partial charge in [0.15, 0.2) is 0 Å². The van der Waals surface area contributed by atoms with Crippen LogP contribution in [0.1, 0.15) is 17.8 Å². The van der Waals surface area contributed by atoms with E-state index in [1.807, 2.05) is 0 Å². The van der Waals surface area contributed by atoms with Crippen LogP contribution in [-0.4, -0.2) is 17.6 Å². The summed E-state index contributed by atoms with van der Waals surface area (Å²) in [5, 5.41) is 4.54. The third kappa shape index (κ3) is 2.23. The first-order chi connectivity index (χ1) is 7.81. The number of hydrogen-bond donors (Lipinski definition) is 1. The molecule has 0 saturated heterocycles. The van der Waals surface area contributed by atoms with Gasteiger partial charge in [-0.15, -0.1) is 11.3 Å². The van der Waals surface area contributed by atoms with E-state index in [0.29, 0.717) is 0 Å². The standard InChI is InChI=1S/C12H13FN2S/c13-8-1-4-10-11(7-8)16-12(15-10)5-6-14-9-2-3-9/h1,4,7,9,14H,2-3,5-6H2. The van der Waals surface area contributed by atoms with Gasteiger partial charge in [-0.1, -0.05) is 0 Å². The second kappa shape index (κ2) is 4.11. The van der Waals surface area contributed by atoms with Gasteiger partial charge in [0.2, 0.25) is 0 Å². The van der Waals surface area contributed by atoms with Crippen LogP contribution < -0.4 is 5.32 Å². The van der Waals surface area contributed by atoms with Crippen LogP contribution in [0.2, 0.25) is 0 Å². The summed E-state index contributed by atoms with van der Waals surface area (Å²) >= 11 is 1.59. The molecule has 1 N–H and O–H groups in total. The van der Waals surface area contributed by atoms with Crippen LogP contribution in [0.25, 0.3) is 10.2 Å². The molecule has 0 amide bonds. The Morgan fingerprint density at radius 1 is 1.44 bits per heavy atom. The minimum absolute atomic E-state index is 0.182. The van der Waals surface area contributed by atoms with Crippen molar-refractivity contribution in [3.63, 3.8) is 0 Å². The van der Waals surface area contributed by atoms with E-state index in [1.165, 1.54) is 18.9 Å². The van der Waals surface area contributed by atoms with Crippen LogP contribution >= 0.6 is 11.3 Å². The molecule has 2 aromatic rings. The van der Waals surface area contributed by atoms with Crippen molar-refractivity contribution in [2.24, 2.45) is 0 Å². The third-order valence-electron chi connectivity index (χ3n) is 2.74. The predicted octanol–water partition coefficient (Wildman–Crippen LogP) is 2.73. The van der Waals surface area contributed by atoms with Crippen molar-refractivity contribution in [3.8, 4) is 0 Å². The second-order valence-electron chi connectivity index (χ2n) is 4.20. The predicted molar refractivity (Wildman–Crippen MR) is 64.3 cm³/mol. The Labute approximate surface area is 97.5 Å². The fraction of sp³-hybridized carbons (Fsp3) is 0.417. The van der Waals surface area contributed by atoms with Gasteiger partial charge < -0.3 is 5.32 Å². The Morgan fingerprint density at radius 2 is 2.31 bits per heavy atom. The van der Waals surface area contributed by atoms with E-state index in [4.69, 9.17) is 0 Å². The van der Waals surface area contributed by atoms with Crippen LogP contribution in [-0.2, 0) is 6.42 Å². The van der Waals surface area contributed by atoms with E-state index in [-0.39, 0.29) is 5.82 Å². The molecule has 0 bridgehead atoms. The normalized spacial score (nSPS) is 15.8. The minimum Gasteiger partial charge on any atom is -0.314 e. The van der Waals surface area contributed by atoms with Gasteiger partial charge in [-0.25, -0.2) is 9.37 Å². The van der Waals surface area contributed by atoms with Crippen molar-refractivity contribution >= 4 is 21.6 Å². The number of thiazole rings is 1. The zero-order valence-corrected chi connectivity index (χ0v) is 9.69. The Balaban J connectivity index is 1.71. The number of aromatic nitrogens is 1. The molecule has 16 heavy (non-hydrogen) atoms. The summed E-state index contributed by atoms with van der Waals surface area (Å²) < 4.78 is 13.9. The summed E-state index contributed by atoms with van der Waals surface area (Å²) in [6, 6.07) is 5.52. The summed E-state index contributed by atoms with van der Waals surface area (Å²) in [7, 11) is 0. The maximum Gasteiger partial charge on any atom is 0.124 e. The number of halogens is 1. The van der Waals surface area contributed by atoms with Gasteiger partial charge in [0, 0.05) is 19.0 Å². The molecule has 1 aliphatic carbocycles. The molecule has 1 aromatic carbocycles. The van der Waals surface area contributed by atoms with Crippen LogP contribution in [0, 0.1) is 5.82 Å². The zero-order valence-electron chi connectivity index (χ0n) is 8.87. The monoisotopic (exact) mass is 236 g/mol.